The molecule has 1 aromatic carbocycles. The van der Waals surface area contributed by atoms with Crippen LogP contribution in [0.15, 0.2) is 47.5 Å². The van der Waals surface area contributed by atoms with Crippen molar-refractivity contribution < 1.29 is 13.2 Å². The Kier molecular flexibility index (Phi) is 4.87. The smallest absolute Gasteiger partial charge is 0.241 e. The molecule has 2 aromatic rings. The van der Waals surface area contributed by atoms with Gasteiger partial charge in [0.05, 0.1) is 16.6 Å². The number of nitrogens with one attached hydrogen (secondary N) is 1. The van der Waals surface area contributed by atoms with Crippen LogP contribution in [0.5, 0.6) is 0 Å². The van der Waals surface area contributed by atoms with Crippen molar-refractivity contribution in [2.24, 2.45) is 0 Å². The summed E-state index contributed by atoms with van der Waals surface area (Å²) < 4.78 is 28.1. The van der Waals surface area contributed by atoms with Gasteiger partial charge >= 0.3 is 0 Å². The fourth-order valence-corrected chi connectivity index (χ4v) is 4.46. The number of sulfonamides is 1. The van der Waals surface area contributed by atoms with Crippen molar-refractivity contribution in [2.75, 3.05) is 11.4 Å². The second-order valence-electron chi connectivity index (χ2n) is 6.20. The van der Waals surface area contributed by atoms with E-state index in [9.17, 15) is 13.2 Å². The molecule has 7 heteroatoms. The number of pyridine rings is 1. The summed E-state index contributed by atoms with van der Waals surface area (Å²) in [5.41, 5.74) is 2.01. The molecule has 2 heterocycles. The maximum Gasteiger partial charge on any atom is 0.241 e. The molecule has 1 N–H and O–H groups in total. The van der Waals surface area contributed by atoms with E-state index in [0.29, 0.717) is 24.2 Å². The predicted molar refractivity (Wildman–Crippen MR) is 95.7 cm³/mol. The van der Waals surface area contributed by atoms with E-state index < -0.39 is 16.1 Å². The summed E-state index contributed by atoms with van der Waals surface area (Å²) in [5.74, 6) is 0.0805. The normalized spacial score (nSPS) is 16.2. The molecule has 0 radical (unpaired) electrons. The third-order valence-corrected chi connectivity index (χ3v) is 6.00. The minimum atomic E-state index is -3.69. The number of rotatable bonds is 5. The van der Waals surface area contributed by atoms with E-state index in [-0.39, 0.29) is 10.8 Å². The van der Waals surface area contributed by atoms with Gasteiger partial charge in [0, 0.05) is 24.8 Å². The lowest BCUT2D eigenvalue weighted by molar-refractivity contribution is -0.117. The minimum absolute atomic E-state index is 0.0805. The van der Waals surface area contributed by atoms with E-state index in [4.69, 9.17) is 0 Å². The second-order valence-corrected chi connectivity index (χ2v) is 7.88. The number of aryl methyl sites for hydroxylation is 1. The van der Waals surface area contributed by atoms with Crippen LogP contribution in [0.25, 0.3) is 0 Å². The van der Waals surface area contributed by atoms with Gasteiger partial charge < -0.3 is 4.90 Å². The molecule has 1 fully saturated rings. The topological polar surface area (TPSA) is 79.4 Å². The molecule has 1 aromatic heterocycles. The second kappa shape index (κ2) is 6.93. The number of nitrogens with zero attached hydrogens (tertiary/aromatic N) is 2. The van der Waals surface area contributed by atoms with Crippen molar-refractivity contribution in [3.8, 4) is 0 Å². The molecular formula is C18H21N3O3S. The lowest BCUT2D eigenvalue weighted by Gasteiger charge is -2.19. The van der Waals surface area contributed by atoms with Gasteiger partial charge in [-0.25, -0.2) is 13.1 Å². The molecule has 0 unspecified atom stereocenters. The fraction of sp³-hybridized carbons (Fsp3) is 0.333. The van der Waals surface area contributed by atoms with Crippen molar-refractivity contribution in [2.45, 2.75) is 37.6 Å². The molecule has 1 atom stereocenters. The first kappa shape index (κ1) is 17.6. The zero-order valence-corrected chi connectivity index (χ0v) is 15.1. The van der Waals surface area contributed by atoms with E-state index in [2.05, 4.69) is 9.71 Å². The Morgan fingerprint density at radius 3 is 2.64 bits per heavy atom. The monoisotopic (exact) mass is 359 g/mol. The van der Waals surface area contributed by atoms with Crippen LogP contribution < -0.4 is 9.62 Å². The minimum Gasteiger partial charge on any atom is -0.312 e. The highest BCUT2D eigenvalue weighted by molar-refractivity contribution is 7.89. The van der Waals surface area contributed by atoms with Gasteiger partial charge in [-0.3, -0.25) is 9.78 Å². The highest BCUT2D eigenvalue weighted by atomic mass is 32.2. The van der Waals surface area contributed by atoms with Crippen LogP contribution >= 0.6 is 0 Å². The number of hydrogen-bond acceptors (Lipinski definition) is 4. The molecule has 1 aliphatic rings. The van der Waals surface area contributed by atoms with Crippen molar-refractivity contribution in [3.05, 3.63) is 53.9 Å². The summed E-state index contributed by atoms with van der Waals surface area (Å²) in [6.07, 6.45) is 3.01. The van der Waals surface area contributed by atoms with Crippen LogP contribution in [0.4, 0.5) is 5.69 Å². The molecule has 0 bridgehead atoms. The predicted octanol–water partition coefficient (Wildman–Crippen LogP) is 2.56. The van der Waals surface area contributed by atoms with Gasteiger partial charge in [0.1, 0.15) is 0 Å². The fourth-order valence-electron chi connectivity index (χ4n) is 3.01. The Labute approximate surface area is 147 Å². The van der Waals surface area contributed by atoms with E-state index in [1.165, 1.54) is 0 Å². The van der Waals surface area contributed by atoms with Crippen LogP contribution in [0, 0.1) is 6.92 Å². The Hall–Kier alpha value is -2.25. The maximum atomic E-state index is 12.7. The molecule has 132 valence electrons. The Morgan fingerprint density at radius 1 is 1.24 bits per heavy atom. The third-order valence-electron chi connectivity index (χ3n) is 4.30. The number of carbonyl (C=O) groups is 1. The lowest BCUT2D eigenvalue weighted by atomic mass is 10.2. The highest BCUT2D eigenvalue weighted by Gasteiger charge is 2.25. The molecule has 1 amide bonds. The summed E-state index contributed by atoms with van der Waals surface area (Å²) in [4.78, 5) is 18.0. The summed E-state index contributed by atoms with van der Waals surface area (Å²) in [6, 6.07) is 9.95. The van der Waals surface area contributed by atoms with Crippen molar-refractivity contribution in [3.63, 3.8) is 0 Å². The van der Waals surface area contributed by atoms with Crippen LogP contribution in [0.3, 0.4) is 0 Å². The van der Waals surface area contributed by atoms with Gasteiger partial charge in [-0.2, -0.15) is 0 Å². The van der Waals surface area contributed by atoms with Crippen molar-refractivity contribution >= 4 is 21.6 Å². The molecular weight excluding hydrogens is 338 g/mol. The molecule has 0 spiro atoms. The summed E-state index contributed by atoms with van der Waals surface area (Å²) >= 11 is 0. The number of anilines is 1. The average molecular weight is 359 g/mol. The van der Waals surface area contributed by atoms with E-state index >= 15 is 0 Å². The first-order chi connectivity index (χ1) is 11.9. The quantitative estimate of drug-likeness (QED) is 0.890. The van der Waals surface area contributed by atoms with Gasteiger partial charge in [-0.05, 0) is 56.2 Å². The zero-order chi connectivity index (χ0) is 18.0. The number of benzene rings is 1. The Balaban J connectivity index is 1.84. The van der Waals surface area contributed by atoms with Crippen LogP contribution in [0.2, 0.25) is 0 Å². The van der Waals surface area contributed by atoms with E-state index in [1.807, 2.05) is 6.07 Å². The van der Waals surface area contributed by atoms with Crippen molar-refractivity contribution in [1.82, 2.24) is 9.71 Å². The zero-order valence-electron chi connectivity index (χ0n) is 14.3. The number of amides is 1. The molecule has 0 saturated carbocycles. The SMILES string of the molecule is Cc1cc(N2CCCC2=O)ccc1S(=O)(=O)N[C@@H](C)c1ccccn1. The average Bonchev–Trinajstić information content (AvgIpc) is 3.01. The van der Waals surface area contributed by atoms with E-state index in [1.54, 1.807) is 55.3 Å². The van der Waals surface area contributed by atoms with E-state index in [0.717, 1.165) is 12.1 Å². The van der Waals surface area contributed by atoms with Crippen LogP contribution in [-0.2, 0) is 14.8 Å². The first-order valence-corrected chi connectivity index (χ1v) is 9.71. The molecule has 1 aliphatic heterocycles. The van der Waals surface area contributed by atoms with Crippen molar-refractivity contribution in [1.29, 1.82) is 0 Å². The van der Waals surface area contributed by atoms with Gasteiger partial charge in [0.2, 0.25) is 15.9 Å². The van der Waals surface area contributed by atoms with Gasteiger partial charge in [0.15, 0.2) is 0 Å². The Morgan fingerprint density at radius 2 is 2.04 bits per heavy atom. The van der Waals surface area contributed by atoms with Gasteiger partial charge in [-0.15, -0.1) is 0 Å². The molecule has 25 heavy (non-hydrogen) atoms. The lowest BCUT2D eigenvalue weighted by Crippen LogP contribution is -2.28. The standard InChI is InChI=1S/C18H21N3O3S/c1-13-12-15(21-11-5-7-18(21)22)8-9-17(13)25(23,24)20-14(2)16-6-3-4-10-19-16/h3-4,6,8-10,12,14,20H,5,7,11H2,1-2H3/t14-/m0/s1. The molecule has 0 aliphatic carbocycles. The summed E-state index contributed by atoms with van der Waals surface area (Å²) in [5, 5.41) is 0. The Bertz CT molecular complexity index is 882. The number of carbonyl (C=O) groups excluding carboxylic acids is 1. The van der Waals surface area contributed by atoms with Crippen LogP contribution in [-0.4, -0.2) is 25.9 Å². The molecule has 3 rings (SSSR count). The number of aromatic nitrogens is 1. The third kappa shape index (κ3) is 3.72. The molecule has 1 saturated heterocycles. The largest absolute Gasteiger partial charge is 0.312 e. The maximum absolute atomic E-state index is 12.7. The summed E-state index contributed by atoms with van der Waals surface area (Å²) in [7, 11) is -3.69. The van der Waals surface area contributed by atoms with Crippen LogP contribution in [0.1, 0.15) is 37.1 Å². The number of hydrogen-bond donors (Lipinski definition) is 1. The highest BCUT2D eigenvalue weighted by Crippen LogP contribution is 2.26. The molecule has 6 nitrogen and oxygen atoms in total. The first-order valence-electron chi connectivity index (χ1n) is 8.23. The van der Waals surface area contributed by atoms with Gasteiger partial charge in [-0.1, -0.05) is 6.07 Å². The summed E-state index contributed by atoms with van der Waals surface area (Å²) in [6.45, 7) is 4.18. The van der Waals surface area contributed by atoms with Gasteiger partial charge in [0.25, 0.3) is 0 Å².